The van der Waals surface area contributed by atoms with Gasteiger partial charge in [-0.15, -0.1) is 11.3 Å². The smallest absolute Gasteiger partial charge is 0.227 e. The fourth-order valence-electron chi connectivity index (χ4n) is 3.62. The van der Waals surface area contributed by atoms with Gasteiger partial charge < -0.3 is 14.7 Å². The van der Waals surface area contributed by atoms with Crippen LogP contribution in [0.2, 0.25) is 0 Å². The van der Waals surface area contributed by atoms with Crippen LogP contribution in [0, 0.1) is 5.82 Å². The van der Waals surface area contributed by atoms with E-state index in [-0.39, 0.29) is 17.8 Å². The lowest BCUT2D eigenvalue weighted by atomic mass is 9.90. The topological polar surface area (TPSA) is 62.7 Å². The number of fused-ring (bicyclic) bond motifs is 1. The maximum absolute atomic E-state index is 14.6. The second kappa shape index (κ2) is 7.16. The lowest BCUT2D eigenvalue weighted by molar-refractivity contribution is -0.118. The monoisotopic (exact) mass is 408 g/mol. The van der Waals surface area contributed by atoms with Crippen molar-refractivity contribution in [2.75, 3.05) is 18.6 Å². The molecule has 27 heavy (non-hydrogen) atoms. The number of nitrogens with zero attached hydrogens (tertiary/aromatic N) is 2. The molecule has 0 bridgehead atoms. The number of ether oxygens (including phenoxy) is 1. The molecule has 4 rings (SSSR count). The quantitative estimate of drug-likeness (QED) is 0.839. The highest BCUT2D eigenvalue weighted by atomic mass is 32.2. The number of aryl methyl sites for hydroxylation is 1. The van der Waals surface area contributed by atoms with Gasteiger partial charge in [0, 0.05) is 38.2 Å². The number of thiazole rings is 1. The number of halogens is 1. The Hall–Kier alpha value is -1.48. The zero-order chi connectivity index (χ0) is 19.2. The SMILES string of the molecule is CC1CC(O)(c2cnc(Sc3cc4c(cc3F)N(C)C(=O)CC4)s2)CCO1. The summed E-state index contributed by atoms with van der Waals surface area (Å²) in [6.07, 6.45) is 3.82. The molecule has 2 unspecified atom stereocenters. The van der Waals surface area contributed by atoms with E-state index in [0.717, 1.165) is 10.4 Å². The van der Waals surface area contributed by atoms with E-state index in [1.54, 1.807) is 13.2 Å². The van der Waals surface area contributed by atoms with Crippen molar-refractivity contribution in [1.29, 1.82) is 0 Å². The van der Waals surface area contributed by atoms with Crippen molar-refractivity contribution in [2.24, 2.45) is 0 Å². The van der Waals surface area contributed by atoms with Crippen LogP contribution < -0.4 is 4.90 Å². The fourth-order valence-corrected chi connectivity index (χ4v) is 5.75. The summed E-state index contributed by atoms with van der Waals surface area (Å²) in [6.45, 7) is 2.47. The number of hydrogen-bond donors (Lipinski definition) is 1. The number of anilines is 1. The second-order valence-electron chi connectivity index (χ2n) is 7.12. The summed E-state index contributed by atoms with van der Waals surface area (Å²) in [4.78, 5) is 19.0. The molecule has 144 valence electrons. The van der Waals surface area contributed by atoms with Crippen molar-refractivity contribution in [1.82, 2.24) is 4.98 Å². The number of benzene rings is 1. The van der Waals surface area contributed by atoms with Gasteiger partial charge in [-0.3, -0.25) is 4.79 Å². The third kappa shape index (κ3) is 3.63. The molecule has 3 heterocycles. The first kappa shape index (κ1) is 18.9. The molecular weight excluding hydrogens is 387 g/mol. The number of hydrogen-bond acceptors (Lipinski definition) is 6. The lowest BCUT2D eigenvalue weighted by Crippen LogP contribution is -2.36. The van der Waals surface area contributed by atoms with Gasteiger partial charge in [-0.05, 0) is 31.0 Å². The molecule has 0 radical (unpaired) electrons. The van der Waals surface area contributed by atoms with Crippen LogP contribution >= 0.6 is 23.1 Å². The first-order valence-corrected chi connectivity index (χ1v) is 10.6. The molecule has 5 nitrogen and oxygen atoms in total. The van der Waals surface area contributed by atoms with E-state index in [4.69, 9.17) is 4.74 Å². The van der Waals surface area contributed by atoms with Crippen molar-refractivity contribution < 1.29 is 19.0 Å². The summed E-state index contributed by atoms with van der Waals surface area (Å²) in [5.74, 6) is -0.360. The molecule has 0 saturated carbocycles. The first-order chi connectivity index (χ1) is 12.9. The van der Waals surface area contributed by atoms with E-state index in [9.17, 15) is 14.3 Å². The van der Waals surface area contributed by atoms with E-state index >= 15 is 0 Å². The molecular formula is C19H21FN2O3S2. The minimum absolute atomic E-state index is 0.000238. The Labute approximate surface area is 165 Å². The molecule has 0 spiro atoms. The van der Waals surface area contributed by atoms with Gasteiger partial charge in [0.1, 0.15) is 11.4 Å². The highest BCUT2D eigenvalue weighted by Crippen LogP contribution is 2.42. The maximum atomic E-state index is 14.6. The predicted octanol–water partition coefficient (Wildman–Crippen LogP) is 3.73. The Morgan fingerprint density at radius 3 is 3.04 bits per heavy atom. The van der Waals surface area contributed by atoms with Gasteiger partial charge >= 0.3 is 0 Å². The maximum Gasteiger partial charge on any atom is 0.227 e. The highest BCUT2D eigenvalue weighted by molar-refractivity contribution is 8.01. The van der Waals surface area contributed by atoms with E-state index in [1.807, 2.05) is 13.0 Å². The van der Waals surface area contributed by atoms with Gasteiger partial charge in [0.15, 0.2) is 4.34 Å². The largest absolute Gasteiger partial charge is 0.384 e. The van der Waals surface area contributed by atoms with Crippen LogP contribution in [0.5, 0.6) is 0 Å². The standard InChI is InChI=1S/C19H21FN2O3S2/c1-11-9-19(24,5-6-25-11)16-10-21-18(27-16)26-15-7-12-3-4-17(23)22(2)14(12)8-13(15)20/h7-8,10-11,24H,3-6,9H2,1-2H3. The molecule has 1 aromatic heterocycles. The van der Waals surface area contributed by atoms with Crippen molar-refractivity contribution in [3.05, 3.63) is 34.6 Å². The van der Waals surface area contributed by atoms with Gasteiger partial charge in [-0.2, -0.15) is 0 Å². The van der Waals surface area contributed by atoms with Crippen molar-refractivity contribution in [3.63, 3.8) is 0 Å². The van der Waals surface area contributed by atoms with Crippen molar-refractivity contribution in [3.8, 4) is 0 Å². The Balaban J connectivity index is 1.57. The summed E-state index contributed by atoms with van der Waals surface area (Å²) in [5.41, 5.74) is 0.680. The number of amides is 1. The van der Waals surface area contributed by atoms with E-state index in [1.165, 1.54) is 34.1 Å². The number of aromatic nitrogens is 1. The van der Waals surface area contributed by atoms with Gasteiger partial charge in [0.05, 0.1) is 22.5 Å². The molecule has 8 heteroatoms. The number of carbonyl (C=O) groups excluding carboxylic acids is 1. The molecule has 2 aliphatic rings. The molecule has 1 saturated heterocycles. The fraction of sp³-hybridized carbons (Fsp3) is 0.474. The number of aliphatic hydroxyl groups is 1. The Kier molecular flexibility index (Phi) is 5.00. The van der Waals surface area contributed by atoms with E-state index in [0.29, 0.717) is 47.2 Å². The molecule has 1 amide bonds. The average molecular weight is 409 g/mol. The molecule has 1 fully saturated rings. The second-order valence-corrected chi connectivity index (χ2v) is 9.44. The summed E-state index contributed by atoms with van der Waals surface area (Å²) in [7, 11) is 1.68. The van der Waals surface area contributed by atoms with Gasteiger partial charge in [0.25, 0.3) is 0 Å². The average Bonchev–Trinajstić information content (AvgIpc) is 3.09. The summed E-state index contributed by atoms with van der Waals surface area (Å²) in [6, 6.07) is 3.24. The van der Waals surface area contributed by atoms with Crippen LogP contribution in [0.1, 0.15) is 36.6 Å². The molecule has 1 N–H and O–H groups in total. The minimum Gasteiger partial charge on any atom is -0.384 e. The molecule has 2 aliphatic heterocycles. The molecule has 2 atom stereocenters. The van der Waals surface area contributed by atoms with Crippen LogP contribution in [0.4, 0.5) is 10.1 Å². The molecule has 2 aromatic rings. The van der Waals surface area contributed by atoms with Crippen molar-refractivity contribution >= 4 is 34.7 Å². The van der Waals surface area contributed by atoms with E-state index in [2.05, 4.69) is 4.98 Å². The third-order valence-corrected chi connectivity index (χ3v) is 7.46. The number of carbonyl (C=O) groups is 1. The Morgan fingerprint density at radius 1 is 1.44 bits per heavy atom. The number of rotatable bonds is 3. The summed E-state index contributed by atoms with van der Waals surface area (Å²) < 4.78 is 20.8. The first-order valence-electron chi connectivity index (χ1n) is 8.93. The van der Waals surface area contributed by atoms with E-state index < -0.39 is 5.60 Å². The van der Waals surface area contributed by atoms with Crippen molar-refractivity contribution in [2.45, 2.75) is 53.5 Å². The zero-order valence-corrected chi connectivity index (χ0v) is 16.8. The van der Waals surface area contributed by atoms with Gasteiger partial charge in [-0.1, -0.05) is 11.8 Å². The summed E-state index contributed by atoms with van der Waals surface area (Å²) in [5, 5.41) is 10.9. The van der Waals surface area contributed by atoms with Crippen LogP contribution in [0.3, 0.4) is 0 Å². The van der Waals surface area contributed by atoms with Crippen LogP contribution in [-0.4, -0.2) is 35.8 Å². The minimum atomic E-state index is -0.925. The third-order valence-electron chi connectivity index (χ3n) is 5.16. The Bertz CT molecular complexity index is 888. The van der Waals surface area contributed by atoms with Crippen LogP contribution in [-0.2, 0) is 21.6 Å². The zero-order valence-electron chi connectivity index (χ0n) is 15.2. The van der Waals surface area contributed by atoms with Crippen LogP contribution in [0.25, 0.3) is 0 Å². The summed E-state index contributed by atoms with van der Waals surface area (Å²) >= 11 is 2.66. The Morgan fingerprint density at radius 2 is 2.26 bits per heavy atom. The molecule has 0 aliphatic carbocycles. The predicted molar refractivity (Wildman–Crippen MR) is 103 cm³/mol. The molecule has 1 aromatic carbocycles. The van der Waals surface area contributed by atoms with Gasteiger partial charge in [-0.25, -0.2) is 9.37 Å². The lowest BCUT2D eigenvalue weighted by Gasteiger charge is -2.34. The normalized spacial score (nSPS) is 25.6. The van der Waals surface area contributed by atoms with Gasteiger partial charge in [0.2, 0.25) is 5.91 Å². The van der Waals surface area contributed by atoms with Crippen LogP contribution in [0.15, 0.2) is 27.6 Å². The highest BCUT2D eigenvalue weighted by Gasteiger charge is 2.37.